The number of benzene rings is 2. The fraction of sp³-hybridized carbons (Fsp3) is 0.484. The minimum atomic E-state index is -1.03. The number of hydrogen-bond acceptors (Lipinski definition) is 5. The lowest BCUT2D eigenvalue weighted by molar-refractivity contribution is -0.146. The number of rotatable bonds is 5. The number of nitriles is 1. The van der Waals surface area contributed by atoms with Crippen LogP contribution in [-0.2, 0) is 26.2 Å². The van der Waals surface area contributed by atoms with Gasteiger partial charge in [-0.25, -0.2) is 8.78 Å². The van der Waals surface area contributed by atoms with E-state index in [-0.39, 0.29) is 42.7 Å². The average molecular weight is 562 g/mol. The van der Waals surface area contributed by atoms with Crippen molar-refractivity contribution in [3.05, 3.63) is 59.2 Å². The molecule has 2 aromatic rings. The third kappa shape index (κ3) is 4.52. The van der Waals surface area contributed by atoms with Crippen molar-refractivity contribution in [3.8, 4) is 6.07 Å². The predicted molar refractivity (Wildman–Crippen MR) is 148 cm³/mol. The highest BCUT2D eigenvalue weighted by Crippen LogP contribution is 2.46. The van der Waals surface area contributed by atoms with Crippen molar-refractivity contribution >= 4 is 29.1 Å². The standard InChI is InChI=1S/C31H33F2N5O3/c1-37(28(39)25-14-20-23(35-25)12-11-22(32)27(20)33)26(13-18-7-3-2-4-8-18)29(40)38-17-31(15-19(38)16-34)21-9-5-6-10-24(21)36-30(31)41/h5-6,9-12,18-19,25-26,35H,2-4,7-8,13-15,17H2,1H3,(H,36,41)/t19-,25?,26-,31-/m0/s1. The monoisotopic (exact) mass is 561 g/mol. The van der Waals surface area contributed by atoms with E-state index in [9.17, 15) is 28.4 Å². The van der Waals surface area contributed by atoms with Gasteiger partial charge in [-0.1, -0.05) is 50.3 Å². The van der Waals surface area contributed by atoms with Crippen LogP contribution in [0.3, 0.4) is 0 Å². The van der Waals surface area contributed by atoms with E-state index in [0.717, 1.165) is 43.7 Å². The van der Waals surface area contributed by atoms with E-state index in [2.05, 4.69) is 16.7 Å². The third-order valence-corrected chi connectivity index (χ3v) is 9.53. The number of amides is 3. The zero-order valence-corrected chi connectivity index (χ0v) is 23.0. The lowest BCUT2D eigenvalue weighted by Crippen LogP contribution is -2.54. The van der Waals surface area contributed by atoms with E-state index < -0.39 is 41.1 Å². The highest BCUT2D eigenvalue weighted by molar-refractivity contribution is 6.07. The van der Waals surface area contributed by atoms with Gasteiger partial charge in [-0.2, -0.15) is 5.26 Å². The number of para-hydroxylation sites is 1. The minimum absolute atomic E-state index is 0.0307. The fourth-order valence-electron chi connectivity index (χ4n) is 7.26. The molecule has 1 unspecified atom stereocenters. The molecule has 2 N–H and O–H groups in total. The lowest BCUT2D eigenvalue weighted by atomic mass is 9.80. The summed E-state index contributed by atoms with van der Waals surface area (Å²) in [6, 6.07) is 9.47. The molecule has 6 rings (SSSR count). The average Bonchev–Trinajstić information content (AvgIpc) is 3.68. The number of likely N-dealkylation sites (N-methyl/N-ethyl adjacent to an activating group) is 1. The van der Waals surface area contributed by atoms with Crippen LogP contribution < -0.4 is 10.6 Å². The second kappa shape index (κ2) is 10.4. The van der Waals surface area contributed by atoms with E-state index >= 15 is 0 Å². The summed E-state index contributed by atoms with van der Waals surface area (Å²) >= 11 is 0. The van der Waals surface area contributed by atoms with Gasteiger partial charge in [0.2, 0.25) is 17.7 Å². The Balaban J connectivity index is 1.28. The summed E-state index contributed by atoms with van der Waals surface area (Å²) in [5, 5.41) is 16.0. The minimum Gasteiger partial charge on any atom is -0.373 e. The van der Waals surface area contributed by atoms with Gasteiger partial charge in [-0.05, 0) is 36.1 Å². The van der Waals surface area contributed by atoms with Crippen molar-refractivity contribution in [1.82, 2.24) is 9.80 Å². The van der Waals surface area contributed by atoms with Crippen LogP contribution in [0.15, 0.2) is 36.4 Å². The van der Waals surface area contributed by atoms with Gasteiger partial charge in [0, 0.05) is 43.4 Å². The van der Waals surface area contributed by atoms with Crippen molar-refractivity contribution < 1.29 is 23.2 Å². The molecule has 3 aliphatic heterocycles. The Morgan fingerprint density at radius 2 is 1.90 bits per heavy atom. The van der Waals surface area contributed by atoms with Gasteiger partial charge in [0.1, 0.15) is 18.1 Å². The molecule has 2 aromatic carbocycles. The molecule has 4 aliphatic rings. The number of carbonyl (C=O) groups excluding carboxylic acids is 3. The summed E-state index contributed by atoms with van der Waals surface area (Å²) in [7, 11) is 1.57. The molecule has 3 heterocycles. The van der Waals surface area contributed by atoms with Gasteiger partial charge >= 0.3 is 0 Å². The van der Waals surface area contributed by atoms with E-state index in [1.54, 1.807) is 7.05 Å². The molecule has 1 aliphatic carbocycles. The quantitative estimate of drug-likeness (QED) is 0.572. The molecule has 10 heteroatoms. The Morgan fingerprint density at radius 1 is 1.15 bits per heavy atom. The maximum atomic E-state index is 14.4. The molecule has 41 heavy (non-hydrogen) atoms. The number of halogens is 2. The molecule has 0 bridgehead atoms. The van der Waals surface area contributed by atoms with Crippen LogP contribution in [0.4, 0.5) is 20.2 Å². The first-order chi connectivity index (χ1) is 19.7. The van der Waals surface area contributed by atoms with Gasteiger partial charge in [0.15, 0.2) is 11.6 Å². The van der Waals surface area contributed by atoms with Crippen LogP contribution >= 0.6 is 0 Å². The Morgan fingerprint density at radius 3 is 2.66 bits per heavy atom. The number of carbonyl (C=O) groups is 3. The number of hydrogen-bond donors (Lipinski definition) is 2. The number of anilines is 2. The van der Waals surface area contributed by atoms with Crippen LogP contribution in [-0.4, -0.2) is 59.2 Å². The summed E-state index contributed by atoms with van der Waals surface area (Å²) in [6.07, 6.45) is 5.73. The maximum Gasteiger partial charge on any atom is 0.246 e. The summed E-state index contributed by atoms with van der Waals surface area (Å²) in [4.78, 5) is 44.3. The van der Waals surface area contributed by atoms with Gasteiger partial charge in [0.25, 0.3) is 0 Å². The largest absolute Gasteiger partial charge is 0.373 e. The molecule has 4 atom stereocenters. The molecule has 3 amide bonds. The highest BCUT2D eigenvalue weighted by Gasteiger charge is 2.57. The summed E-state index contributed by atoms with van der Waals surface area (Å²) in [5.74, 6) is -2.70. The zero-order valence-electron chi connectivity index (χ0n) is 23.0. The normalized spacial score (nSPS) is 25.7. The smallest absolute Gasteiger partial charge is 0.246 e. The van der Waals surface area contributed by atoms with E-state index in [1.807, 2.05) is 24.3 Å². The first-order valence-electron chi connectivity index (χ1n) is 14.3. The molecule has 8 nitrogen and oxygen atoms in total. The van der Waals surface area contributed by atoms with Crippen LogP contribution in [0.5, 0.6) is 0 Å². The Labute approximate surface area is 237 Å². The van der Waals surface area contributed by atoms with E-state index in [0.29, 0.717) is 17.8 Å². The Kier molecular flexibility index (Phi) is 6.92. The molecular weight excluding hydrogens is 528 g/mol. The highest BCUT2D eigenvalue weighted by atomic mass is 19.2. The van der Waals surface area contributed by atoms with Crippen molar-refractivity contribution in [3.63, 3.8) is 0 Å². The van der Waals surface area contributed by atoms with Crippen LogP contribution in [0, 0.1) is 28.9 Å². The first-order valence-corrected chi connectivity index (χ1v) is 14.3. The van der Waals surface area contributed by atoms with Crippen molar-refractivity contribution in [1.29, 1.82) is 5.26 Å². The first kappa shape index (κ1) is 27.2. The molecule has 0 aromatic heterocycles. The molecule has 1 saturated carbocycles. The SMILES string of the molecule is CN(C(=O)C1Cc2c(ccc(F)c2F)N1)[C@@H](CC1CCCCC1)C(=O)N1C[C@]2(C[C@H]1C#N)C(=O)Nc1ccccc12. The van der Waals surface area contributed by atoms with Gasteiger partial charge in [-0.15, -0.1) is 0 Å². The summed E-state index contributed by atoms with van der Waals surface area (Å²) in [6.45, 7) is 0.0493. The Hall–Kier alpha value is -4.00. The number of nitrogens with one attached hydrogen (secondary N) is 2. The fourth-order valence-corrected chi connectivity index (χ4v) is 7.26. The lowest BCUT2D eigenvalue weighted by Gasteiger charge is -2.36. The van der Waals surface area contributed by atoms with Crippen LogP contribution in [0.25, 0.3) is 0 Å². The maximum absolute atomic E-state index is 14.4. The van der Waals surface area contributed by atoms with Crippen LogP contribution in [0.1, 0.15) is 56.1 Å². The van der Waals surface area contributed by atoms with Crippen molar-refractivity contribution in [2.45, 2.75) is 74.9 Å². The number of likely N-dealkylation sites (tertiary alicyclic amines) is 1. The summed E-state index contributed by atoms with van der Waals surface area (Å²) in [5.41, 5.74) is 0.911. The van der Waals surface area contributed by atoms with Crippen molar-refractivity contribution in [2.75, 3.05) is 24.2 Å². The molecule has 1 saturated heterocycles. The van der Waals surface area contributed by atoms with Gasteiger partial charge in [0.05, 0.1) is 11.5 Å². The molecule has 0 radical (unpaired) electrons. The van der Waals surface area contributed by atoms with Gasteiger partial charge < -0.3 is 20.4 Å². The van der Waals surface area contributed by atoms with E-state index in [4.69, 9.17) is 0 Å². The number of nitrogens with zero attached hydrogens (tertiary/aromatic N) is 3. The number of fused-ring (bicyclic) bond motifs is 3. The molecule has 214 valence electrons. The summed E-state index contributed by atoms with van der Waals surface area (Å²) < 4.78 is 28.3. The zero-order chi connectivity index (χ0) is 28.9. The second-order valence-corrected chi connectivity index (χ2v) is 11.9. The van der Waals surface area contributed by atoms with E-state index in [1.165, 1.54) is 15.9 Å². The second-order valence-electron chi connectivity index (χ2n) is 11.9. The predicted octanol–water partition coefficient (Wildman–Crippen LogP) is 4.11. The van der Waals surface area contributed by atoms with Crippen molar-refractivity contribution in [2.24, 2.45) is 5.92 Å². The van der Waals surface area contributed by atoms with Crippen LogP contribution in [0.2, 0.25) is 0 Å². The third-order valence-electron chi connectivity index (χ3n) is 9.53. The molecule has 1 spiro atoms. The topological polar surface area (TPSA) is 106 Å². The van der Waals surface area contributed by atoms with Gasteiger partial charge in [-0.3, -0.25) is 14.4 Å². The Bertz CT molecular complexity index is 1450. The molecule has 2 fully saturated rings. The molecular formula is C31H33F2N5O3.